The molecule has 0 radical (unpaired) electrons. The summed E-state index contributed by atoms with van der Waals surface area (Å²) >= 11 is 1.43. The first-order chi connectivity index (χ1) is 11.7. The highest BCUT2D eigenvalue weighted by Gasteiger charge is 2.34. The van der Waals surface area contributed by atoms with Crippen LogP contribution in [0.25, 0.3) is 0 Å². The number of benzene rings is 1. The van der Waals surface area contributed by atoms with Gasteiger partial charge in [0.1, 0.15) is 5.69 Å². The molecule has 1 aromatic carbocycles. The zero-order valence-electron chi connectivity index (χ0n) is 13.8. The van der Waals surface area contributed by atoms with Crippen molar-refractivity contribution < 1.29 is 9.53 Å². The van der Waals surface area contributed by atoms with Crippen molar-refractivity contribution in [2.24, 2.45) is 0 Å². The Morgan fingerprint density at radius 1 is 1.33 bits per heavy atom. The zero-order chi connectivity index (χ0) is 16.8. The van der Waals surface area contributed by atoms with Crippen LogP contribution in [0.1, 0.15) is 41.9 Å². The number of hydrogen-bond donors (Lipinski definition) is 2. The van der Waals surface area contributed by atoms with E-state index in [1.54, 1.807) is 10.9 Å². The van der Waals surface area contributed by atoms with Gasteiger partial charge in [0.15, 0.2) is 0 Å². The summed E-state index contributed by atoms with van der Waals surface area (Å²) < 4.78 is 5.53. The number of carbonyl (C=O) groups is 1. The summed E-state index contributed by atoms with van der Waals surface area (Å²) in [6, 6.07) is 10.6. The summed E-state index contributed by atoms with van der Waals surface area (Å²) in [6.45, 7) is 4.15. The van der Waals surface area contributed by atoms with E-state index < -0.39 is 0 Å². The molecule has 1 fully saturated rings. The Morgan fingerprint density at radius 2 is 2.08 bits per heavy atom. The van der Waals surface area contributed by atoms with Crippen molar-refractivity contribution in [3.05, 3.63) is 52.5 Å². The number of carbonyl (C=O) groups excluding carboxylic acids is 1. The number of nitrogens with zero attached hydrogens (tertiary/aromatic N) is 1. The molecule has 0 saturated carbocycles. The molecule has 1 aliphatic rings. The van der Waals surface area contributed by atoms with Gasteiger partial charge in [0.05, 0.1) is 5.51 Å². The number of thiazole rings is 1. The second kappa shape index (κ2) is 7.88. The lowest BCUT2D eigenvalue weighted by atomic mass is 9.88. The molecule has 2 aromatic rings. The third kappa shape index (κ3) is 4.20. The first-order valence-corrected chi connectivity index (χ1v) is 9.20. The lowest BCUT2D eigenvalue weighted by molar-refractivity contribution is 0.0332. The van der Waals surface area contributed by atoms with Crippen LogP contribution in [-0.4, -0.2) is 36.2 Å². The average molecular weight is 345 g/mol. The summed E-state index contributed by atoms with van der Waals surface area (Å²) in [5.41, 5.74) is 3.25. The average Bonchev–Trinajstić information content (AvgIpc) is 3.16. The fourth-order valence-corrected chi connectivity index (χ4v) is 3.62. The van der Waals surface area contributed by atoms with Gasteiger partial charge in [0.2, 0.25) is 0 Å². The molecule has 2 N–H and O–H groups in total. The van der Waals surface area contributed by atoms with Crippen LogP contribution in [-0.2, 0) is 4.74 Å². The van der Waals surface area contributed by atoms with Gasteiger partial charge in [-0.3, -0.25) is 4.79 Å². The van der Waals surface area contributed by atoms with Crippen molar-refractivity contribution in [1.82, 2.24) is 15.6 Å². The van der Waals surface area contributed by atoms with E-state index in [1.165, 1.54) is 16.9 Å². The maximum atomic E-state index is 12.2. The molecule has 1 amide bonds. The Labute approximate surface area is 146 Å². The smallest absolute Gasteiger partial charge is 0.270 e. The van der Waals surface area contributed by atoms with E-state index in [2.05, 4.69) is 34.7 Å². The molecule has 0 spiro atoms. The standard InChI is InChI=1S/C18H23N3O2S/c1-14(15-5-3-2-4-6-15)21-18(7-9-23-10-8-18)12-19-17(22)16-11-24-13-20-16/h2-6,11,13-14,21H,7-10,12H2,1H3,(H,19,22)/t14-/m0/s1. The van der Waals surface area contributed by atoms with Crippen LogP contribution >= 0.6 is 11.3 Å². The van der Waals surface area contributed by atoms with Crippen LogP contribution in [0.2, 0.25) is 0 Å². The Bertz CT molecular complexity index is 640. The molecule has 0 aliphatic carbocycles. The highest BCUT2D eigenvalue weighted by Crippen LogP contribution is 2.25. The molecule has 3 rings (SSSR count). The Hall–Kier alpha value is -1.76. The zero-order valence-corrected chi connectivity index (χ0v) is 14.6. The molecule has 1 atom stereocenters. The molecule has 24 heavy (non-hydrogen) atoms. The van der Waals surface area contributed by atoms with Crippen molar-refractivity contribution in [3.8, 4) is 0 Å². The largest absolute Gasteiger partial charge is 0.381 e. The van der Waals surface area contributed by atoms with E-state index in [0.29, 0.717) is 25.5 Å². The van der Waals surface area contributed by atoms with Gasteiger partial charge in [-0.25, -0.2) is 4.98 Å². The SMILES string of the molecule is C[C@H](NC1(CNC(=O)c2cscn2)CCOCC1)c1ccccc1. The van der Waals surface area contributed by atoms with Crippen LogP contribution in [0, 0.1) is 0 Å². The van der Waals surface area contributed by atoms with E-state index >= 15 is 0 Å². The van der Waals surface area contributed by atoms with Gasteiger partial charge in [-0.05, 0) is 25.3 Å². The number of ether oxygens (including phenoxy) is 1. The first kappa shape index (κ1) is 17.1. The van der Waals surface area contributed by atoms with Crippen LogP contribution in [0.4, 0.5) is 0 Å². The molecule has 0 unspecified atom stereocenters. The first-order valence-electron chi connectivity index (χ1n) is 8.25. The minimum absolute atomic E-state index is 0.115. The Morgan fingerprint density at radius 3 is 2.75 bits per heavy atom. The summed E-state index contributed by atoms with van der Waals surface area (Å²) in [4.78, 5) is 16.3. The predicted molar refractivity (Wildman–Crippen MR) is 95.2 cm³/mol. The lowest BCUT2D eigenvalue weighted by Gasteiger charge is -2.40. The van der Waals surface area contributed by atoms with Gasteiger partial charge in [-0.15, -0.1) is 11.3 Å². The van der Waals surface area contributed by atoms with Crippen molar-refractivity contribution in [2.45, 2.75) is 31.3 Å². The maximum Gasteiger partial charge on any atom is 0.270 e. The summed E-state index contributed by atoms with van der Waals surface area (Å²) in [7, 11) is 0. The number of nitrogens with one attached hydrogen (secondary N) is 2. The third-order valence-corrected chi connectivity index (χ3v) is 5.11. The van der Waals surface area contributed by atoms with Gasteiger partial charge < -0.3 is 15.4 Å². The van der Waals surface area contributed by atoms with E-state index in [4.69, 9.17) is 4.74 Å². The molecular formula is C18H23N3O2S. The van der Waals surface area contributed by atoms with E-state index in [0.717, 1.165) is 12.8 Å². The Balaban J connectivity index is 1.67. The molecule has 0 bridgehead atoms. The maximum absolute atomic E-state index is 12.2. The van der Waals surface area contributed by atoms with Crippen molar-refractivity contribution in [2.75, 3.05) is 19.8 Å². The minimum atomic E-state index is -0.154. The van der Waals surface area contributed by atoms with Crippen molar-refractivity contribution >= 4 is 17.2 Å². The molecule has 5 nitrogen and oxygen atoms in total. The number of rotatable bonds is 6. The normalized spacial score (nSPS) is 18.0. The lowest BCUT2D eigenvalue weighted by Crippen LogP contribution is -2.57. The van der Waals surface area contributed by atoms with E-state index in [1.807, 2.05) is 18.2 Å². The van der Waals surface area contributed by atoms with Crippen LogP contribution in [0.5, 0.6) is 0 Å². The summed E-state index contributed by atoms with van der Waals surface area (Å²) in [6.07, 6.45) is 1.75. The van der Waals surface area contributed by atoms with Gasteiger partial charge in [0.25, 0.3) is 5.91 Å². The van der Waals surface area contributed by atoms with Crippen LogP contribution in [0.15, 0.2) is 41.2 Å². The summed E-state index contributed by atoms with van der Waals surface area (Å²) in [5.74, 6) is -0.115. The molecular weight excluding hydrogens is 322 g/mol. The molecule has 1 saturated heterocycles. The topological polar surface area (TPSA) is 63.2 Å². The second-order valence-corrected chi connectivity index (χ2v) is 6.94. The summed E-state index contributed by atoms with van der Waals surface area (Å²) in [5, 5.41) is 8.55. The van der Waals surface area contributed by atoms with Crippen molar-refractivity contribution in [1.29, 1.82) is 0 Å². The number of amides is 1. The third-order valence-electron chi connectivity index (χ3n) is 4.52. The van der Waals surface area contributed by atoms with Crippen molar-refractivity contribution in [3.63, 3.8) is 0 Å². The highest BCUT2D eigenvalue weighted by molar-refractivity contribution is 7.07. The van der Waals surface area contributed by atoms with E-state index in [9.17, 15) is 4.79 Å². The highest BCUT2D eigenvalue weighted by atomic mass is 32.1. The molecule has 128 valence electrons. The second-order valence-electron chi connectivity index (χ2n) is 6.23. The minimum Gasteiger partial charge on any atom is -0.381 e. The number of aromatic nitrogens is 1. The predicted octanol–water partition coefficient (Wildman–Crippen LogP) is 2.77. The monoisotopic (exact) mass is 345 g/mol. The molecule has 1 aliphatic heterocycles. The van der Waals surface area contributed by atoms with E-state index in [-0.39, 0.29) is 17.5 Å². The molecule has 1 aromatic heterocycles. The van der Waals surface area contributed by atoms with Gasteiger partial charge in [-0.2, -0.15) is 0 Å². The fourth-order valence-electron chi connectivity index (χ4n) is 3.08. The number of hydrogen-bond acceptors (Lipinski definition) is 5. The van der Waals surface area contributed by atoms with Gasteiger partial charge >= 0.3 is 0 Å². The van der Waals surface area contributed by atoms with Gasteiger partial charge in [-0.1, -0.05) is 30.3 Å². The molecule has 2 heterocycles. The van der Waals surface area contributed by atoms with Gasteiger partial charge in [0, 0.05) is 36.7 Å². The van der Waals surface area contributed by atoms with Crippen LogP contribution < -0.4 is 10.6 Å². The Kier molecular flexibility index (Phi) is 5.60. The molecule has 6 heteroatoms. The quantitative estimate of drug-likeness (QED) is 0.845. The fraction of sp³-hybridized carbons (Fsp3) is 0.444. The van der Waals surface area contributed by atoms with Crippen LogP contribution in [0.3, 0.4) is 0 Å².